The van der Waals surface area contributed by atoms with E-state index in [0.29, 0.717) is 29.2 Å². The first-order valence-electron chi connectivity index (χ1n) is 7.83. The fourth-order valence-electron chi connectivity index (χ4n) is 2.83. The molecular weight excluding hydrogens is 278 g/mol. The minimum Gasteiger partial charge on any atom is -0.349 e. The summed E-state index contributed by atoms with van der Waals surface area (Å²) in [6.45, 7) is 6.27. The number of carbonyl (C=O) groups is 1. The molecule has 2 aromatic rings. The molecule has 0 bridgehead atoms. The molecule has 1 aliphatic rings. The van der Waals surface area contributed by atoms with Crippen molar-refractivity contribution in [2.75, 3.05) is 0 Å². The number of carbonyl (C=O) groups excluding carboxylic acids is 1. The molecule has 1 fully saturated rings. The van der Waals surface area contributed by atoms with Crippen molar-refractivity contribution in [3.8, 4) is 0 Å². The summed E-state index contributed by atoms with van der Waals surface area (Å²) in [6.07, 6.45) is 2.39. The van der Waals surface area contributed by atoms with Gasteiger partial charge in [-0.1, -0.05) is 0 Å². The number of nitrogens with one attached hydrogen (secondary N) is 1. The molecule has 1 saturated carbocycles. The molecular formula is C17H21N3O2. The van der Waals surface area contributed by atoms with Crippen LogP contribution in [0.3, 0.4) is 0 Å². The number of fused-ring (bicyclic) bond motifs is 1. The minimum atomic E-state index is -0.0745. The SMILES string of the molecule is CCn1c(=O)c(C)nc2cc(C(=O)N[C@@H](C)C3CC3)ccc21. The average molecular weight is 299 g/mol. The largest absolute Gasteiger partial charge is 0.349 e. The third-order valence-corrected chi connectivity index (χ3v) is 4.38. The van der Waals surface area contributed by atoms with Gasteiger partial charge in [-0.3, -0.25) is 9.59 Å². The van der Waals surface area contributed by atoms with Crippen molar-refractivity contribution in [3.05, 3.63) is 39.8 Å². The van der Waals surface area contributed by atoms with Gasteiger partial charge in [0.2, 0.25) is 0 Å². The summed E-state index contributed by atoms with van der Waals surface area (Å²) in [4.78, 5) is 28.8. The Hall–Kier alpha value is -2.17. The lowest BCUT2D eigenvalue weighted by molar-refractivity contribution is 0.0936. The van der Waals surface area contributed by atoms with Crippen molar-refractivity contribution < 1.29 is 4.79 Å². The highest BCUT2D eigenvalue weighted by molar-refractivity contribution is 5.97. The second-order valence-electron chi connectivity index (χ2n) is 6.05. The molecule has 0 saturated heterocycles. The second-order valence-corrected chi connectivity index (χ2v) is 6.05. The summed E-state index contributed by atoms with van der Waals surface area (Å²) in [7, 11) is 0. The molecule has 1 amide bonds. The van der Waals surface area contributed by atoms with Crippen LogP contribution in [0.25, 0.3) is 11.0 Å². The van der Waals surface area contributed by atoms with Crippen molar-refractivity contribution in [2.24, 2.45) is 5.92 Å². The number of hydrogen-bond acceptors (Lipinski definition) is 3. The number of nitrogens with zero attached hydrogens (tertiary/aromatic N) is 2. The van der Waals surface area contributed by atoms with Crippen LogP contribution in [-0.4, -0.2) is 21.5 Å². The van der Waals surface area contributed by atoms with Crippen LogP contribution >= 0.6 is 0 Å². The van der Waals surface area contributed by atoms with Crippen LogP contribution in [0, 0.1) is 12.8 Å². The smallest absolute Gasteiger partial charge is 0.272 e. The summed E-state index contributed by atoms with van der Waals surface area (Å²) < 4.78 is 1.69. The van der Waals surface area contributed by atoms with Gasteiger partial charge in [-0.15, -0.1) is 0 Å². The van der Waals surface area contributed by atoms with Crippen LogP contribution in [0.5, 0.6) is 0 Å². The molecule has 116 valence electrons. The molecule has 1 N–H and O–H groups in total. The van der Waals surface area contributed by atoms with Gasteiger partial charge in [-0.05, 0) is 57.7 Å². The maximum atomic E-state index is 12.3. The number of benzene rings is 1. The predicted molar refractivity (Wildman–Crippen MR) is 86.1 cm³/mol. The zero-order chi connectivity index (χ0) is 15.9. The molecule has 1 atom stereocenters. The van der Waals surface area contributed by atoms with Crippen molar-refractivity contribution in [1.29, 1.82) is 0 Å². The lowest BCUT2D eigenvalue weighted by atomic mass is 10.1. The molecule has 5 nitrogen and oxygen atoms in total. The van der Waals surface area contributed by atoms with Crippen LogP contribution in [0.15, 0.2) is 23.0 Å². The van der Waals surface area contributed by atoms with Crippen molar-refractivity contribution in [1.82, 2.24) is 14.9 Å². The highest BCUT2D eigenvalue weighted by Gasteiger charge is 2.29. The summed E-state index contributed by atoms with van der Waals surface area (Å²) in [6, 6.07) is 5.55. The van der Waals surface area contributed by atoms with Gasteiger partial charge in [0.1, 0.15) is 5.69 Å². The van der Waals surface area contributed by atoms with Gasteiger partial charge in [0, 0.05) is 18.2 Å². The molecule has 1 aliphatic carbocycles. The van der Waals surface area contributed by atoms with Gasteiger partial charge in [0.25, 0.3) is 11.5 Å². The molecule has 3 rings (SSSR count). The van der Waals surface area contributed by atoms with E-state index >= 15 is 0 Å². The lowest BCUT2D eigenvalue weighted by Gasteiger charge is -2.14. The Morgan fingerprint density at radius 1 is 1.45 bits per heavy atom. The number of hydrogen-bond donors (Lipinski definition) is 1. The van der Waals surface area contributed by atoms with Crippen LogP contribution in [0.1, 0.15) is 42.7 Å². The van der Waals surface area contributed by atoms with Crippen molar-refractivity contribution in [2.45, 2.75) is 46.2 Å². The quantitative estimate of drug-likeness (QED) is 0.942. The van der Waals surface area contributed by atoms with Crippen LogP contribution in [0.4, 0.5) is 0 Å². The van der Waals surface area contributed by atoms with Gasteiger partial charge >= 0.3 is 0 Å². The highest BCUT2D eigenvalue weighted by Crippen LogP contribution is 2.32. The number of aryl methyl sites for hydroxylation is 2. The average Bonchev–Trinajstić information content (AvgIpc) is 3.32. The summed E-state index contributed by atoms with van der Waals surface area (Å²) >= 11 is 0. The van der Waals surface area contributed by atoms with E-state index in [1.165, 1.54) is 12.8 Å². The molecule has 1 heterocycles. The summed E-state index contributed by atoms with van der Waals surface area (Å²) in [5.74, 6) is 0.546. The molecule has 5 heteroatoms. The Labute approximate surface area is 129 Å². The molecule has 0 aliphatic heterocycles. The predicted octanol–water partition coefficient (Wildman–Crippen LogP) is 2.25. The molecule has 1 aromatic heterocycles. The van der Waals surface area contributed by atoms with E-state index in [0.717, 1.165) is 5.52 Å². The van der Waals surface area contributed by atoms with E-state index in [2.05, 4.69) is 10.3 Å². The first kappa shape index (κ1) is 14.8. The van der Waals surface area contributed by atoms with Gasteiger partial charge < -0.3 is 9.88 Å². The van der Waals surface area contributed by atoms with Crippen molar-refractivity contribution in [3.63, 3.8) is 0 Å². The number of aromatic nitrogens is 2. The topological polar surface area (TPSA) is 64.0 Å². The first-order chi connectivity index (χ1) is 10.5. The van der Waals surface area contributed by atoms with Gasteiger partial charge in [0.15, 0.2) is 0 Å². The van der Waals surface area contributed by atoms with E-state index in [1.807, 2.05) is 19.9 Å². The Kier molecular flexibility index (Phi) is 3.72. The molecule has 0 unspecified atom stereocenters. The van der Waals surface area contributed by atoms with Crippen LogP contribution in [0.2, 0.25) is 0 Å². The standard InChI is InChI=1S/C17H21N3O2/c1-4-20-15-8-7-13(9-14(15)18-11(3)17(20)22)16(21)19-10(2)12-5-6-12/h7-10,12H,4-6H2,1-3H3,(H,19,21)/t10-/m0/s1. The normalized spacial score (nSPS) is 15.8. The lowest BCUT2D eigenvalue weighted by Crippen LogP contribution is -2.34. The van der Waals surface area contributed by atoms with Crippen molar-refractivity contribution >= 4 is 16.9 Å². The summed E-state index contributed by atoms with van der Waals surface area (Å²) in [5, 5.41) is 3.04. The third kappa shape index (κ3) is 2.63. The Bertz CT molecular complexity index is 790. The van der Waals surface area contributed by atoms with Crippen LogP contribution < -0.4 is 10.9 Å². The fraction of sp³-hybridized carbons (Fsp3) is 0.471. The Balaban J connectivity index is 1.97. The minimum absolute atomic E-state index is 0.0741. The zero-order valence-corrected chi connectivity index (χ0v) is 13.2. The third-order valence-electron chi connectivity index (χ3n) is 4.38. The Morgan fingerprint density at radius 3 is 2.82 bits per heavy atom. The van der Waals surface area contributed by atoms with E-state index in [-0.39, 0.29) is 17.5 Å². The maximum absolute atomic E-state index is 12.3. The monoisotopic (exact) mass is 299 g/mol. The fourth-order valence-corrected chi connectivity index (χ4v) is 2.83. The number of amides is 1. The zero-order valence-electron chi connectivity index (χ0n) is 13.2. The Morgan fingerprint density at radius 2 is 2.18 bits per heavy atom. The highest BCUT2D eigenvalue weighted by atomic mass is 16.1. The van der Waals surface area contributed by atoms with Gasteiger partial charge in [-0.25, -0.2) is 4.98 Å². The summed E-state index contributed by atoms with van der Waals surface area (Å²) in [5.41, 5.74) is 2.43. The van der Waals surface area contributed by atoms with E-state index in [1.54, 1.807) is 23.6 Å². The molecule has 22 heavy (non-hydrogen) atoms. The van der Waals surface area contributed by atoms with E-state index in [4.69, 9.17) is 0 Å². The number of rotatable bonds is 4. The van der Waals surface area contributed by atoms with E-state index < -0.39 is 0 Å². The molecule has 1 aromatic carbocycles. The van der Waals surface area contributed by atoms with Gasteiger partial charge in [0.05, 0.1) is 11.0 Å². The van der Waals surface area contributed by atoms with Gasteiger partial charge in [-0.2, -0.15) is 0 Å². The first-order valence-corrected chi connectivity index (χ1v) is 7.83. The molecule has 0 spiro atoms. The van der Waals surface area contributed by atoms with Crippen LogP contribution in [-0.2, 0) is 6.54 Å². The molecule has 0 radical (unpaired) electrons. The maximum Gasteiger partial charge on any atom is 0.272 e. The second kappa shape index (κ2) is 5.55. The van der Waals surface area contributed by atoms with E-state index in [9.17, 15) is 9.59 Å².